The third-order valence-corrected chi connectivity index (χ3v) is 3.85. The first-order chi connectivity index (χ1) is 10.7. The van der Waals surface area contributed by atoms with Gasteiger partial charge in [0.05, 0.1) is 12.6 Å². The molecule has 1 aromatic carbocycles. The van der Waals surface area contributed by atoms with Crippen molar-refractivity contribution < 1.29 is 14.3 Å². The van der Waals surface area contributed by atoms with Gasteiger partial charge in [-0.05, 0) is 37.9 Å². The number of amides is 1. The highest BCUT2D eigenvalue weighted by Crippen LogP contribution is 2.20. The van der Waals surface area contributed by atoms with Crippen molar-refractivity contribution in [1.29, 1.82) is 0 Å². The van der Waals surface area contributed by atoms with Crippen LogP contribution in [0.15, 0.2) is 18.2 Å². The zero-order valence-electron chi connectivity index (χ0n) is 13.5. The lowest BCUT2D eigenvalue weighted by molar-refractivity contribution is -0.123. The van der Waals surface area contributed by atoms with Gasteiger partial charge in [-0.15, -0.1) is 0 Å². The minimum absolute atomic E-state index is 0.0583. The van der Waals surface area contributed by atoms with Crippen molar-refractivity contribution in [2.45, 2.75) is 38.8 Å². The van der Waals surface area contributed by atoms with Crippen LogP contribution in [0.25, 0.3) is 0 Å². The standard InChI is InChI=1S/C17H26N2O3/c1-13-6-7-14(16(11-13)22-10-9-21-2)12-19-17(20)15-5-3-4-8-18-15/h6-7,11,15,18H,3-5,8-10,12H2,1-2H3,(H,19,20). The normalized spacial score (nSPS) is 18.0. The van der Waals surface area contributed by atoms with Gasteiger partial charge in [-0.3, -0.25) is 4.79 Å². The Morgan fingerprint density at radius 1 is 1.36 bits per heavy atom. The van der Waals surface area contributed by atoms with E-state index in [0.717, 1.165) is 42.7 Å². The summed E-state index contributed by atoms with van der Waals surface area (Å²) in [6, 6.07) is 5.98. The molecule has 1 saturated heterocycles. The fraction of sp³-hybridized carbons (Fsp3) is 0.588. The third kappa shape index (κ3) is 5.00. The molecule has 5 nitrogen and oxygen atoms in total. The van der Waals surface area contributed by atoms with Gasteiger partial charge in [-0.2, -0.15) is 0 Å². The fourth-order valence-electron chi connectivity index (χ4n) is 2.56. The topological polar surface area (TPSA) is 59.6 Å². The molecule has 22 heavy (non-hydrogen) atoms. The summed E-state index contributed by atoms with van der Waals surface area (Å²) in [5.41, 5.74) is 2.13. The van der Waals surface area contributed by atoms with E-state index in [1.165, 1.54) is 0 Å². The number of benzene rings is 1. The molecule has 1 heterocycles. The summed E-state index contributed by atoms with van der Waals surface area (Å²) >= 11 is 0. The van der Waals surface area contributed by atoms with Gasteiger partial charge in [0.2, 0.25) is 5.91 Å². The number of piperidine rings is 1. The number of carbonyl (C=O) groups is 1. The van der Waals surface area contributed by atoms with Crippen LogP contribution in [0.3, 0.4) is 0 Å². The highest BCUT2D eigenvalue weighted by atomic mass is 16.5. The average molecular weight is 306 g/mol. The van der Waals surface area contributed by atoms with Crippen molar-refractivity contribution in [1.82, 2.24) is 10.6 Å². The predicted octanol–water partition coefficient (Wildman–Crippen LogP) is 1.78. The van der Waals surface area contributed by atoms with E-state index < -0.39 is 0 Å². The number of carbonyl (C=O) groups excluding carboxylic acids is 1. The monoisotopic (exact) mass is 306 g/mol. The Morgan fingerprint density at radius 3 is 2.95 bits per heavy atom. The molecule has 0 bridgehead atoms. The largest absolute Gasteiger partial charge is 0.491 e. The Bertz CT molecular complexity index is 485. The quantitative estimate of drug-likeness (QED) is 0.754. The first kappa shape index (κ1) is 16.8. The molecule has 2 rings (SSSR count). The van der Waals surface area contributed by atoms with Crippen molar-refractivity contribution in [3.63, 3.8) is 0 Å². The molecule has 0 spiro atoms. The van der Waals surface area contributed by atoms with Crippen molar-refractivity contribution in [3.8, 4) is 5.75 Å². The van der Waals surface area contributed by atoms with Crippen LogP contribution in [0.1, 0.15) is 30.4 Å². The van der Waals surface area contributed by atoms with Crippen LogP contribution >= 0.6 is 0 Å². The molecular formula is C17H26N2O3. The maximum Gasteiger partial charge on any atom is 0.237 e. The van der Waals surface area contributed by atoms with Crippen LogP contribution in [-0.4, -0.2) is 38.8 Å². The summed E-state index contributed by atoms with van der Waals surface area (Å²) in [7, 11) is 1.65. The minimum Gasteiger partial charge on any atom is -0.491 e. The van der Waals surface area contributed by atoms with E-state index in [2.05, 4.69) is 10.6 Å². The number of nitrogens with one attached hydrogen (secondary N) is 2. The summed E-state index contributed by atoms with van der Waals surface area (Å²) in [6.07, 6.45) is 3.18. The maximum absolute atomic E-state index is 12.2. The van der Waals surface area contributed by atoms with Crippen molar-refractivity contribution >= 4 is 5.91 Å². The zero-order chi connectivity index (χ0) is 15.8. The number of hydrogen-bond acceptors (Lipinski definition) is 4. The molecule has 122 valence electrons. The molecule has 0 radical (unpaired) electrons. The van der Waals surface area contributed by atoms with Crippen LogP contribution in [0.5, 0.6) is 5.75 Å². The number of methoxy groups -OCH3 is 1. The second kappa shape index (κ2) is 8.76. The molecule has 1 atom stereocenters. The molecule has 1 fully saturated rings. The van der Waals surface area contributed by atoms with Crippen molar-refractivity contribution in [2.24, 2.45) is 0 Å². The summed E-state index contributed by atoms with van der Waals surface area (Å²) < 4.78 is 10.8. The zero-order valence-corrected chi connectivity index (χ0v) is 13.5. The highest BCUT2D eigenvalue weighted by molar-refractivity contribution is 5.81. The summed E-state index contributed by atoms with van der Waals surface area (Å²) in [6.45, 7) is 4.49. The van der Waals surface area contributed by atoms with Gasteiger partial charge in [-0.1, -0.05) is 18.6 Å². The molecule has 1 unspecified atom stereocenters. The lowest BCUT2D eigenvalue weighted by atomic mass is 10.0. The molecule has 1 aliphatic rings. The van der Waals surface area contributed by atoms with E-state index in [1.54, 1.807) is 7.11 Å². The number of rotatable bonds is 7. The van der Waals surface area contributed by atoms with Crippen LogP contribution in [0.4, 0.5) is 0 Å². The molecular weight excluding hydrogens is 280 g/mol. The van der Waals surface area contributed by atoms with Gasteiger partial charge in [0.1, 0.15) is 12.4 Å². The average Bonchev–Trinajstić information content (AvgIpc) is 2.55. The molecule has 2 N–H and O–H groups in total. The van der Waals surface area contributed by atoms with E-state index in [0.29, 0.717) is 19.8 Å². The van der Waals surface area contributed by atoms with Gasteiger partial charge in [0.15, 0.2) is 0 Å². The van der Waals surface area contributed by atoms with Gasteiger partial charge in [0, 0.05) is 19.2 Å². The maximum atomic E-state index is 12.2. The molecule has 0 saturated carbocycles. The molecule has 5 heteroatoms. The van der Waals surface area contributed by atoms with Crippen molar-refractivity contribution in [3.05, 3.63) is 29.3 Å². The predicted molar refractivity (Wildman–Crippen MR) is 86.0 cm³/mol. The molecule has 0 aromatic heterocycles. The van der Waals surface area contributed by atoms with E-state index >= 15 is 0 Å². The second-order valence-corrected chi connectivity index (χ2v) is 5.67. The van der Waals surface area contributed by atoms with E-state index in [1.807, 2.05) is 25.1 Å². The summed E-state index contributed by atoms with van der Waals surface area (Å²) in [5, 5.41) is 6.27. The van der Waals surface area contributed by atoms with Gasteiger partial charge < -0.3 is 20.1 Å². The Labute approximate surface area is 132 Å². The number of aryl methyl sites for hydroxylation is 1. The van der Waals surface area contributed by atoms with E-state index in [4.69, 9.17) is 9.47 Å². The Balaban J connectivity index is 1.91. The second-order valence-electron chi connectivity index (χ2n) is 5.67. The molecule has 1 aliphatic heterocycles. The SMILES string of the molecule is COCCOc1cc(C)ccc1CNC(=O)C1CCCCN1. The van der Waals surface area contributed by atoms with Gasteiger partial charge in [-0.25, -0.2) is 0 Å². The highest BCUT2D eigenvalue weighted by Gasteiger charge is 2.20. The number of hydrogen-bond donors (Lipinski definition) is 2. The first-order valence-electron chi connectivity index (χ1n) is 7.93. The number of ether oxygens (including phenoxy) is 2. The van der Waals surface area contributed by atoms with Gasteiger partial charge in [0.25, 0.3) is 0 Å². The first-order valence-corrected chi connectivity index (χ1v) is 7.93. The Kier molecular flexibility index (Phi) is 6.68. The van der Waals surface area contributed by atoms with Crippen LogP contribution in [0.2, 0.25) is 0 Å². The molecule has 0 aliphatic carbocycles. The Morgan fingerprint density at radius 2 is 2.23 bits per heavy atom. The Hall–Kier alpha value is -1.59. The van der Waals surface area contributed by atoms with Gasteiger partial charge >= 0.3 is 0 Å². The van der Waals surface area contributed by atoms with Crippen LogP contribution in [-0.2, 0) is 16.1 Å². The third-order valence-electron chi connectivity index (χ3n) is 3.85. The summed E-state index contributed by atoms with van der Waals surface area (Å²) in [4.78, 5) is 12.2. The molecule has 1 aromatic rings. The van der Waals surface area contributed by atoms with E-state index in [-0.39, 0.29) is 11.9 Å². The molecule has 1 amide bonds. The lowest BCUT2D eigenvalue weighted by Crippen LogP contribution is -2.46. The summed E-state index contributed by atoms with van der Waals surface area (Å²) in [5.74, 6) is 0.886. The fourth-order valence-corrected chi connectivity index (χ4v) is 2.56. The smallest absolute Gasteiger partial charge is 0.237 e. The lowest BCUT2D eigenvalue weighted by Gasteiger charge is -2.22. The minimum atomic E-state index is -0.0583. The van der Waals surface area contributed by atoms with Crippen LogP contribution in [0, 0.1) is 6.92 Å². The van der Waals surface area contributed by atoms with E-state index in [9.17, 15) is 4.79 Å². The van der Waals surface area contributed by atoms with Crippen molar-refractivity contribution in [2.75, 3.05) is 26.9 Å². The van der Waals surface area contributed by atoms with Crippen LogP contribution < -0.4 is 15.4 Å².